The number of thioether (sulfide) groups is 1. The third-order valence-corrected chi connectivity index (χ3v) is 3.54. The number of anilines is 2. The summed E-state index contributed by atoms with van der Waals surface area (Å²) in [5, 5.41) is 12.1. The number of nitrogen functional groups attached to an aromatic ring is 1. The van der Waals surface area contributed by atoms with Crippen molar-refractivity contribution >= 4 is 23.1 Å². The zero-order valence-electron chi connectivity index (χ0n) is 10.4. The molecule has 0 fully saturated rings. The van der Waals surface area contributed by atoms with Crippen LogP contribution in [0, 0.1) is 11.3 Å². The van der Waals surface area contributed by atoms with Gasteiger partial charge in [0.05, 0.1) is 12.5 Å². The zero-order valence-corrected chi connectivity index (χ0v) is 11.2. The maximum absolute atomic E-state index is 8.70. The smallest absolute Gasteiger partial charge is 0.0670 e. The van der Waals surface area contributed by atoms with E-state index in [2.05, 4.69) is 25.2 Å². The Bertz CT molecular complexity index is 398. The van der Waals surface area contributed by atoms with Crippen molar-refractivity contribution in [2.75, 3.05) is 22.6 Å². The van der Waals surface area contributed by atoms with Crippen LogP contribution in [0.2, 0.25) is 0 Å². The van der Waals surface area contributed by atoms with Gasteiger partial charge < -0.3 is 11.1 Å². The van der Waals surface area contributed by atoms with Crippen LogP contribution < -0.4 is 11.1 Å². The van der Waals surface area contributed by atoms with E-state index in [-0.39, 0.29) is 0 Å². The van der Waals surface area contributed by atoms with E-state index in [9.17, 15) is 0 Å². The van der Waals surface area contributed by atoms with Crippen LogP contribution in [0.15, 0.2) is 18.2 Å². The molecule has 1 aromatic rings. The highest BCUT2D eigenvalue weighted by Crippen LogP contribution is 2.19. The lowest BCUT2D eigenvalue weighted by molar-refractivity contribution is 0.912. The van der Waals surface area contributed by atoms with Gasteiger partial charge in [-0.2, -0.15) is 17.0 Å². The van der Waals surface area contributed by atoms with Gasteiger partial charge in [0.25, 0.3) is 0 Å². The van der Waals surface area contributed by atoms with Crippen LogP contribution in [0.5, 0.6) is 0 Å². The molecule has 0 aliphatic carbocycles. The molecule has 4 heteroatoms. The minimum absolute atomic E-state index is 0.361. The minimum Gasteiger partial charge on any atom is -0.398 e. The summed E-state index contributed by atoms with van der Waals surface area (Å²) in [6.45, 7) is 4.31. The number of nitriles is 1. The molecule has 1 rings (SSSR count). The number of nitrogens with zero attached hydrogens (tertiary/aromatic N) is 1. The standard InChI is InChI=1S/C13H19N3S/c1-3-17-9-10(2)16-12-4-5-13(15)11(8-12)6-7-14/h4-5,8,10,16H,3,6,9,15H2,1-2H3. The second-order valence-corrected chi connectivity index (χ2v) is 5.27. The highest BCUT2D eigenvalue weighted by molar-refractivity contribution is 7.99. The molecule has 17 heavy (non-hydrogen) atoms. The number of hydrogen-bond donors (Lipinski definition) is 2. The first-order valence-electron chi connectivity index (χ1n) is 5.77. The predicted molar refractivity (Wildman–Crippen MR) is 76.3 cm³/mol. The van der Waals surface area contributed by atoms with Crippen molar-refractivity contribution in [3.8, 4) is 6.07 Å². The van der Waals surface area contributed by atoms with Gasteiger partial charge in [-0.1, -0.05) is 6.92 Å². The number of nitrogens with one attached hydrogen (secondary N) is 1. The van der Waals surface area contributed by atoms with Gasteiger partial charge in [-0.25, -0.2) is 0 Å². The van der Waals surface area contributed by atoms with Crippen LogP contribution in [-0.2, 0) is 6.42 Å². The molecule has 92 valence electrons. The highest BCUT2D eigenvalue weighted by Gasteiger charge is 2.04. The maximum Gasteiger partial charge on any atom is 0.0670 e. The van der Waals surface area contributed by atoms with Gasteiger partial charge in [-0.3, -0.25) is 0 Å². The van der Waals surface area contributed by atoms with Gasteiger partial charge in [-0.15, -0.1) is 0 Å². The summed E-state index contributed by atoms with van der Waals surface area (Å²) >= 11 is 1.91. The Morgan fingerprint density at radius 2 is 2.29 bits per heavy atom. The molecule has 0 aliphatic rings. The molecule has 1 unspecified atom stereocenters. The van der Waals surface area contributed by atoms with Crippen molar-refractivity contribution in [1.29, 1.82) is 5.26 Å². The fourth-order valence-electron chi connectivity index (χ4n) is 1.55. The number of rotatable bonds is 6. The third kappa shape index (κ3) is 4.58. The first-order chi connectivity index (χ1) is 8.17. The lowest BCUT2D eigenvalue weighted by atomic mass is 10.1. The Labute approximate surface area is 107 Å². The molecule has 0 radical (unpaired) electrons. The summed E-state index contributed by atoms with van der Waals surface area (Å²) in [7, 11) is 0. The van der Waals surface area contributed by atoms with Crippen molar-refractivity contribution in [2.45, 2.75) is 26.3 Å². The Morgan fingerprint density at radius 3 is 2.94 bits per heavy atom. The van der Waals surface area contributed by atoms with E-state index in [0.29, 0.717) is 18.2 Å². The average molecular weight is 249 g/mol. The number of nitrogens with two attached hydrogens (primary N) is 1. The molecule has 0 saturated heterocycles. The Morgan fingerprint density at radius 1 is 1.53 bits per heavy atom. The fraction of sp³-hybridized carbons (Fsp3) is 0.462. The van der Waals surface area contributed by atoms with E-state index in [1.807, 2.05) is 30.0 Å². The number of hydrogen-bond acceptors (Lipinski definition) is 4. The van der Waals surface area contributed by atoms with Gasteiger partial charge in [0, 0.05) is 23.2 Å². The molecule has 3 nitrogen and oxygen atoms in total. The second kappa shape index (κ2) is 7.08. The van der Waals surface area contributed by atoms with E-state index in [4.69, 9.17) is 11.0 Å². The Hall–Kier alpha value is -1.34. The van der Waals surface area contributed by atoms with E-state index in [1.165, 1.54) is 0 Å². The molecular formula is C13H19N3S. The summed E-state index contributed by atoms with van der Waals surface area (Å²) in [5.74, 6) is 2.21. The van der Waals surface area contributed by atoms with Crippen LogP contribution >= 0.6 is 11.8 Å². The largest absolute Gasteiger partial charge is 0.398 e. The van der Waals surface area contributed by atoms with Crippen molar-refractivity contribution in [3.63, 3.8) is 0 Å². The predicted octanol–water partition coefficient (Wildman–Crippen LogP) is 2.89. The monoisotopic (exact) mass is 249 g/mol. The average Bonchev–Trinajstić information content (AvgIpc) is 2.31. The molecule has 0 saturated carbocycles. The molecule has 3 N–H and O–H groups in total. The molecule has 0 bridgehead atoms. The molecule has 1 atom stereocenters. The van der Waals surface area contributed by atoms with E-state index in [0.717, 1.165) is 22.8 Å². The van der Waals surface area contributed by atoms with Crippen LogP contribution in [0.3, 0.4) is 0 Å². The quantitative estimate of drug-likeness (QED) is 0.761. The van der Waals surface area contributed by atoms with Crippen LogP contribution in [0.4, 0.5) is 11.4 Å². The third-order valence-electron chi connectivity index (χ3n) is 2.40. The molecule has 0 heterocycles. The Balaban J connectivity index is 2.65. The Kier molecular flexibility index (Phi) is 5.71. The molecule has 0 aromatic heterocycles. The maximum atomic E-state index is 8.70. The van der Waals surface area contributed by atoms with Gasteiger partial charge in [0.2, 0.25) is 0 Å². The van der Waals surface area contributed by atoms with Gasteiger partial charge in [-0.05, 0) is 36.4 Å². The van der Waals surface area contributed by atoms with Gasteiger partial charge in [0.15, 0.2) is 0 Å². The highest BCUT2D eigenvalue weighted by atomic mass is 32.2. The second-order valence-electron chi connectivity index (χ2n) is 3.95. The SMILES string of the molecule is CCSCC(C)Nc1ccc(N)c(CC#N)c1. The van der Waals surface area contributed by atoms with Crippen LogP contribution in [0.25, 0.3) is 0 Å². The van der Waals surface area contributed by atoms with E-state index < -0.39 is 0 Å². The van der Waals surface area contributed by atoms with Crippen molar-refractivity contribution in [2.24, 2.45) is 0 Å². The van der Waals surface area contributed by atoms with Gasteiger partial charge in [0.1, 0.15) is 0 Å². The van der Waals surface area contributed by atoms with Crippen LogP contribution in [-0.4, -0.2) is 17.5 Å². The molecule has 0 amide bonds. The first-order valence-corrected chi connectivity index (χ1v) is 6.92. The van der Waals surface area contributed by atoms with Crippen molar-refractivity contribution in [1.82, 2.24) is 0 Å². The van der Waals surface area contributed by atoms with Gasteiger partial charge >= 0.3 is 0 Å². The van der Waals surface area contributed by atoms with E-state index in [1.54, 1.807) is 0 Å². The lowest BCUT2D eigenvalue weighted by Crippen LogP contribution is -2.18. The zero-order chi connectivity index (χ0) is 12.7. The summed E-state index contributed by atoms with van der Waals surface area (Å²) in [6, 6.07) is 8.32. The van der Waals surface area contributed by atoms with E-state index >= 15 is 0 Å². The van der Waals surface area contributed by atoms with Crippen molar-refractivity contribution < 1.29 is 0 Å². The fourth-order valence-corrected chi connectivity index (χ4v) is 2.23. The lowest BCUT2D eigenvalue weighted by Gasteiger charge is -2.15. The summed E-state index contributed by atoms with van der Waals surface area (Å²) in [6.07, 6.45) is 0.361. The molecular weight excluding hydrogens is 230 g/mol. The topological polar surface area (TPSA) is 61.8 Å². The minimum atomic E-state index is 0.361. The normalized spacial score (nSPS) is 11.8. The summed E-state index contributed by atoms with van der Waals surface area (Å²) < 4.78 is 0. The summed E-state index contributed by atoms with van der Waals surface area (Å²) in [5.41, 5.74) is 8.42. The van der Waals surface area contributed by atoms with Crippen LogP contribution in [0.1, 0.15) is 19.4 Å². The molecule has 0 spiro atoms. The summed E-state index contributed by atoms with van der Waals surface area (Å²) in [4.78, 5) is 0. The first kappa shape index (κ1) is 13.7. The van der Waals surface area contributed by atoms with Crippen molar-refractivity contribution in [3.05, 3.63) is 23.8 Å². The molecule has 1 aromatic carbocycles. The molecule has 0 aliphatic heterocycles. The number of benzene rings is 1.